The lowest BCUT2D eigenvalue weighted by Gasteiger charge is -2.09. The summed E-state index contributed by atoms with van der Waals surface area (Å²) in [5, 5.41) is 9.18. The van der Waals surface area contributed by atoms with Crippen LogP contribution in [0.2, 0.25) is 0 Å². The van der Waals surface area contributed by atoms with Crippen molar-refractivity contribution in [1.82, 2.24) is 0 Å². The summed E-state index contributed by atoms with van der Waals surface area (Å²) >= 11 is 0. The van der Waals surface area contributed by atoms with Gasteiger partial charge in [-0.05, 0) is 37.0 Å². The highest BCUT2D eigenvalue weighted by Gasteiger charge is 2.17. The third kappa shape index (κ3) is 2.59. The second-order valence-electron chi connectivity index (χ2n) is 4.01. The Balaban J connectivity index is 2.09. The predicted octanol–water partition coefficient (Wildman–Crippen LogP) is 3.38. The summed E-state index contributed by atoms with van der Waals surface area (Å²) in [6.45, 7) is 3.95. The topological polar surface area (TPSA) is 42.2 Å². The molecule has 1 aromatic rings. The molecule has 1 aromatic carbocycles. The second kappa shape index (κ2) is 5.40. The summed E-state index contributed by atoms with van der Waals surface area (Å²) in [6.07, 6.45) is 4.66. The minimum Gasteiger partial charge on any atom is -0.454 e. The smallest absolute Gasteiger partial charge is 0.231 e. The zero-order chi connectivity index (χ0) is 12.1. The predicted molar refractivity (Wildman–Crippen MR) is 65.0 cm³/mol. The molecule has 1 aliphatic rings. The monoisotopic (exact) mass is 229 g/mol. The molecule has 0 bridgehead atoms. The first-order chi connectivity index (χ1) is 8.35. The largest absolute Gasteiger partial charge is 0.454 e. The van der Waals surface area contributed by atoms with E-state index in [0.29, 0.717) is 0 Å². The number of unbranched alkanes of at least 4 members (excludes halogenated alkanes) is 1. The molecule has 1 aliphatic heterocycles. The van der Waals surface area contributed by atoms with E-state index in [2.05, 4.69) is 12.6 Å². The molecule has 0 aliphatic carbocycles. The molecule has 0 unspecified atom stereocenters. The number of fused-ring (bicyclic) bond motifs is 1. The Labute approximate surface area is 101 Å². The van der Waals surface area contributed by atoms with Gasteiger partial charge in [-0.25, -0.2) is 0 Å². The van der Waals surface area contributed by atoms with Crippen LogP contribution in [0.25, 0.3) is 0 Å². The lowest BCUT2D eigenvalue weighted by Crippen LogP contribution is -1.96. The van der Waals surface area contributed by atoms with Crippen LogP contribution in [0.15, 0.2) is 30.9 Å². The molecule has 0 saturated carbocycles. The number of allylic oxidation sites excluding steroid dienone is 1. The number of nitriles is 1. The van der Waals surface area contributed by atoms with Gasteiger partial charge in [0.1, 0.15) is 0 Å². The molecule has 2 rings (SSSR count). The molecule has 17 heavy (non-hydrogen) atoms. The van der Waals surface area contributed by atoms with Crippen LogP contribution in [0.5, 0.6) is 11.5 Å². The van der Waals surface area contributed by atoms with Gasteiger partial charge in [0.15, 0.2) is 11.5 Å². The molecule has 0 spiro atoms. The molecule has 3 heteroatoms. The Kier molecular flexibility index (Phi) is 3.66. The average Bonchev–Trinajstić information content (AvgIpc) is 2.82. The standard InChI is InChI=1S/C14H15NO2/c1-2-3-4-5-12(9-15)11-6-7-13-14(8-11)17-10-16-13/h2,6-8,12H,1,3-5,10H2/t12-/m1/s1. The van der Waals surface area contributed by atoms with E-state index in [1.807, 2.05) is 24.3 Å². The molecule has 0 aromatic heterocycles. The van der Waals surface area contributed by atoms with Crippen molar-refractivity contribution in [3.05, 3.63) is 36.4 Å². The second-order valence-corrected chi connectivity index (χ2v) is 4.01. The highest BCUT2D eigenvalue weighted by molar-refractivity contribution is 5.46. The zero-order valence-corrected chi connectivity index (χ0v) is 9.69. The number of ether oxygens (including phenoxy) is 2. The Morgan fingerprint density at radius 3 is 3.00 bits per heavy atom. The Bertz CT molecular complexity index is 448. The first kappa shape index (κ1) is 11.5. The van der Waals surface area contributed by atoms with Gasteiger partial charge in [0.05, 0.1) is 12.0 Å². The Morgan fingerprint density at radius 2 is 2.24 bits per heavy atom. The van der Waals surface area contributed by atoms with Crippen LogP contribution in [0.4, 0.5) is 0 Å². The van der Waals surface area contributed by atoms with Gasteiger partial charge in [0, 0.05) is 0 Å². The Morgan fingerprint density at radius 1 is 1.41 bits per heavy atom. The van der Waals surface area contributed by atoms with E-state index in [9.17, 15) is 5.26 Å². The fraction of sp³-hybridized carbons (Fsp3) is 0.357. The summed E-state index contributed by atoms with van der Waals surface area (Å²) in [6, 6.07) is 8.05. The van der Waals surface area contributed by atoms with E-state index in [0.717, 1.165) is 36.3 Å². The van der Waals surface area contributed by atoms with Crippen molar-refractivity contribution < 1.29 is 9.47 Å². The van der Waals surface area contributed by atoms with Crippen LogP contribution in [-0.2, 0) is 0 Å². The number of rotatable bonds is 5. The molecule has 88 valence electrons. The van der Waals surface area contributed by atoms with Crippen molar-refractivity contribution in [2.45, 2.75) is 25.2 Å². The normalized spacial score (nSPS) is 14.1. The number of hydrogen-bond acceptors (Lipinski definition) is 3. The van der Waals surface area contributed by atoms with E-state index in [4.69, 9.17) is 9.47 Å². The van der Waals surface area contributed by atoms with Gasteiger partial charge in [-0.1, -0.05) is 12.1 Å². The van der Waals surface area contributed by atoms with Crippen molar-refractivity contribution >= 4 is 0 Å². The average molecular weight is 229 g/mol. The maximum atomic E-state index is 9.18. The van der Waals surface area contributed by atoms with Gasteiger partial charge < -0.3 is 9.47 Å². The van der Waals surface area contributed by atoms with Gasteiger partial charge >= 0.3 is 0 Å². The summed E-state index contributed by atoms with van der Waals surface area (Å²) in [7, 11) is 0. The maximum Gasteiger partial charge on any atom is 0.231 e. The minimum absolute atomic E-state index is 0.0792. The fourth-order valence-corrected chi connectivity index (χ4v) is 1.90. The third-order valence-corrected chi connectivity index (χ3v) is 2.86. The Hall–Kier alpha value is -1.95. The van der Waals surface area contributed by atoms with Gasteiger partial charge in [0.25, 0.3) is 0 Å². The van der Waals surface area contributed by atoms with Crippen molar-refractivity contribution in [2.75, 3.05) is 6.79 Å². The van der Waals surface area contributed by atoms with E-state index in [1.54, 1.807) is 0 Å². The SMILES string of the molecule is C=CCCC[C@H](C#N)c1ccc2c(c1)OCO2. The third-order valence-electron chi connectivity index (χ3n) is 2.86. The van der Waals surface area contributed by atoms with E-state index >= 15 is 0 Å². The van der Waals surface area contributed by atoms with E-state index in [1.165, 1.54) is 0 Å². The number of benzene rings is 1. The van der Waals surface area contributed by atoms with Crippen LogP contribution >= 0.6 is 0 Å². The van der Waals surface area contributed by atoms with Crippen molar-refractivity contribution in [2.24, 2.45) is 0 Å². The van der Waals surface area contributed by atoms with Crippen LogP contribution in [-0.4, -0.2) is 6.79 Å². The zero-order valence-electron chi connectivity index (χ0n) is 9.69. The molecule has 0 amide bonds. The molecule has 0 N–H and O–H groups in total. The molecule has 0 fully saturated rings. The quantitative estimate of drug-likeness (QED) is 0.574. The molecular weight excluding hydrogens is 214 g/mol. The number of nitrogens with zero attached hydrogens (tertiary/aromatic N) is 1. The molecule has 1 heterocycles. The highest BCUT2D eigenvalue weighted by atomic mass is 16.7. The van der Waals surface area contributed by atoms with Gasteiger partial charge in [-0.3, -0.25) is 0 Å². The van der Waals surface area contributed by atoms with Crippen molar-refractivity contribution in [3.63, 3.8) is 0 Å². The number of hydrogen-bond donors (Lipinski definition) is 0. The van der Waals surface area contributed by atoms with Crippen LogP contribution in [0.3, 0.4) is 0 Å². The van der Waals surface area contributed by atoms with E-state index in [-0.39, 0.29) is 12.7 Å². The molecule has 0 radical (unpaired) electrons. The van der Waals surface area contributed by atoms with Crippen molar-refractivity contribution in [1.29, 1.82) is 5.26 Å². The lowest BCUT2D eigenvalue weighted by molar-refractivity contribution is 0.174. The van der Waals surface area contributed by atoms with Gasteiger partial charge in [-0.15, -0.1) is 6.58 Å². The summed E-state index contributed by atoms with van der Waals surface area (Å²) in [5.41, 5.74) is 1.00. The van der Waals surface area contributed by atoms with Crippen LogP contribution in [0.1, 0.15) is 30.7 Å². The highest BCUT2D eigenvalue weighted by Crippen LogP contribution is 2.35. The molecular formula is C14H15NO2. The van der Waals surface area contributed by atoms with E-state index < -0.39 is 0 Å². The van der Waals surface area contributed by atoms with Crippen LogP contribution < -0.4 is 9.47 Å². The minimum atomic E-state index is -0.0792. The molecule has 0 saturated heterocycles. The van der Waals surface area contributed by atoms with Crippen molar-refractivity contribution in [3.8, 4) is 17.6 Å². The lowest BCUT2D eigenvalue weighted by atomic mass is 9.94. The van der Waals surface area contributed by atoms with Crippen LogP contribution in [0, 0.1) is 11.3 Å². The molecule has 3 nitrogen and oxygen atoms in total. The summed E-state index contributed by atoms with van der Waals surface area (Å²) in [5.74, 6) is 1.42. The first-order valence-electron chi connectivity index (χ1n) is 5.75. The fourth-order valence-electron chi connectivity index (χ4n) is 1.90. The summed E-state index contributed by atoms with van der Waals surface area (Å²) in [4.78, 5) is 0. The van der Waals surface area contributed by atoms with Gasteiger partial charge in [0.2, 0.25) is 6.79 Å². The van der Waals surface area contributed by atoms with Gasteiger partial charge in [-0.2, -0.15) is 5.26 Å². The maximum absolute atomic E-state index is 9.18. The first-order valence-corrected chi connectivity index (χ1v) is 5.75. The molecule has 1 atom stereocenters. The summed E-state index contributed by atoms with van der Waals surface area (Å²) < 4.78 is 10.6.